The van der Waals surface area contributed by atoms with Crippen LogP contribution in [-0.2, 0) is 33.4 Å². The third-order valence-corrected chi connectivity index (χ3v) is 20.9. The molecule has 20 heteroatoms. The van der Waals surface area contributed by atoms with Gasteiger partial charge in [0.1, 0.15) is 23.9 Å². The molecule has 0 radical (unpaired) electrons. The smallest absolute Gasteiger partial charge is 0.326 e. The molecule has 0 unspecified atom stereocenters. The average molecular weight is 1400 g/mol. The number of rotatable bonds is 10. The number of nitrogens with two attached hydrogens (primary N) is 1. The predicted octanol–water partition coefficient (Wildman–Crippen LogP) is 16.3. The summed E-state index contributed by atoms with van der Waals surface area (Å²) in [6.45, 7) is 28.7. The van der Waals surface area contributed by atoms with Gasteiger partial charge >= 0.3 is 17.9 Å². The predicted molar refractivity (Wildman–Crippen MR) is 400 cm³/mol. The van der Waals surface area contributed by atoms with E-state index < -0.39 is 23.0 Å². The lowest BCUT2D eigenvalue weighted by Crippen LogP contribution is -2.58. The monoisotopic (exact) mass is 1400 g/mol. The minimum atomic E-state index is -1.15. The maximum atomic E-state index is 12.7. The molecule has 4 N–H and O–H groups in total. The molecular weight excluding hydrogens is 1300 g/mol. The number of carbonyl (C=O) groups excluding carboxylic acids is 3. The normalized spacial score (nSPS) is 29.3. The van der Waals surface area contributed by atoms with Crippen molar-refractivity contribution in [1.82, 2.24) is 15.0 Å². The van der Waals surface area contributed by atoms with Crippen molar-refractivity contribution < 1.29 is 43.6 Å². The van der Waals surface area contributed by atoms with Gasteiger partial charge in [0.15, 0.2) is 5.54 Å². The first-order valence-corrected chi connectivity index (χ1v) is 37.6. The van der Waals surface area contributed by atoms with Crippen LogP contribution in [-0.4, -0.2) is 105 Å². The minimum Gasteiger partial charge on any atom is -0.481 e. The highest BCUT2D eigenvalue weighted by molar-refractivity contribution is 7.55. The number of carbonyl (C=O) groups is 4. The van der Waals surface area contributed by atoms with E-state index in [1.54, 1.807) is 31.5 Å². The van der Waals surface area contributed by atoms with Crippen molar-refractivity contribution in [3.05, 3.63) is 190 Å². The number of cyclic esters (lactones) is 3. The Morgan fingerprint density at radius 2 is 0.961 bits per heavy atom. The zero-order valence-electron chi connectivity index (χ0n) is 61.0. The van der Waals surface area contributed by atoms with Gasteiger partial charge in [0.25, 0.3) is 5.97 Å². The van der Waals surface area contributed by atoms with Crippen molar-refractivity contribution in [3.63, 3.8) is 0 Å². The number of hydrogen-bond acceptors (Lipinski definition) is 16. The van der Waals surface area contributed by atoms with E-state index in [-0.39, 0.29) is 84.2 Å². The van der Waals surface area contributed by atoms with E-state index >= 15 is 0 Å². The fraction of sp³-hybridized carbons (Fsp3) is 0.439. The summed E-state index contributed by atoms with van der Waals surface area (Å²) in [6.07, 6.45) is 19.4. The number of nitrogens with zero attached hydrogens (tertiary/aromatic N) is 9. The van der Waals surface area contributed by atoms with Gasteiger partial charge in [-0.1, -0.05) is 138 Å². The van der Waals surface area contributed by atoms with Crippen LogP contribution in [0.25, 0.3) is 62.1 Å². The molecule has 3 saturated heterocycles. The lowest BCUT2D eigenvalue weighted by atomic mass is 9.59. The largest absolute Gasteiger partial charge is 0.481 e. The van der Waals surface area contributed by atoms with Crippen LogP contribution in [0.2, 0.25) is 0 Å². The number of allylic oxidation sites excluding steroid dienone is 3. The molecule has 6 aliphatic rings. The van der Waals surface area contributed by atoms with Gasteiger partial charge in [-0.2, -0.15) is 15.8 Å². The summed E-state index contributed by atoms with van der Waals surface area (Å²) in [5, 5.41) is 46.9. The van der Waals surface area contributed by atoms with Crippen molar-refractivity contribution in [1.29, 1.82) is 15.8 Å². The highest BCUT2D eigenvalue weighted by atomic mass is 31.1. The topological polar surface area (TPSA) is 321 Å². The van der Waals surface area contributed by atoms with Gasteiger partial charge in [-0.25, -0.2) is 0 Å². The van der Waals surface area contributed by atoms with Gasteiger partial charge in [-0.3, -0.25) is 34.1 Å². The second kappa shape index (κ2) is 36.3. The molecular formula is C82H97N10O9P. The van der Waals surface area contributed by atoms with Crippen molar-refractivity contribution in [3.8, 4) is 51.6 Å². The van der Waals surface area contributed by atoms with Crippen molar-refractivity contribution in [2.24, 2.45) is 87.8 Å². The molecule has 102 heavy (non-hydrogen) atoms. The van der Waals surface area contributed by atoms with E-state index in [4.69, 9.17) is 35.0 Å². The molecule has 3 aromatic heterocycles. The number of carboxylic acids is 1. The van der Waals surface area contributed by atoms with Crippen LogP contribution in [0.3, 0.4) is 0 Å². The SMILES string of the molecule is CC(=O)O.CCO.CP(C)C.C[C@H]1[C@H](/C=C/c2ccc(-c3ccccc3C#N)cn2)[C@@H]2[C@@H](C)OC(=O)[C@@H]2C[C@@H]1C.C[C@H]1[C@H](/C=C/c2ccc(-c3ccccc3C#N)cn2)[C@@H]2[C@@H](C)OC(=O)[C@]2(N)C[C@@H]1C.C[C@H]1[C@H](/C=C/c2ccc(-c3ccccc3C#N)cn2)[C@@H]2[C@@H](C)OC(=O)[C@]2(N=[N+]=[N-])C[C@@H]1C. The molecule has 12 rings (SSSR count). The number of aliphatic carboxylic acids is 1. The minimum absolute atomic E-state index is 0.00601. The van der Waals surface area contributed by atoms with E-state index in [9.17, 15) is 35.7 Å². The number of benzene rings is 3. The van der Waals surface area contributed by atoms with Gasteiger partial charge in [0, 0.05) is 88.2 Å². The molecule has 19 nitrogen and oxygen atoms in total. The highest BCUT2D eigenvalue weighted by Crippen LogP contribution is 2.54. The van der Waals surface area contributed by atoms with E-state index in [2.05, 4.69) is 129 Å². The molecule has 6 aromatic rings. The third-order valence-electron chi connectivity index (χ3n) is 20.9. The second-order valence-electron chi connectivity index (χ2n) is 28.3. The van der Waals surface area contributed by atoms with Gasteiger partial charge in [0.2, 0.25) is 0 Å². The van der Waals surface area contributed by atoms with E-state index in [1.807, 2.05) is 136 Å². The van der Waals surface area contributed by atoms with Crippen molar-refractivity contribution >= 4 is 50.0 Å². The van der Waals surface area contributed by atoms with Crippen molar-refractivity contribution in [2.75, 3.05) is 26.6 Å². The number of aromatic nitrogens is 3. The van der Waals surface area contributed by atoms with Crippen molar-refractivity contribution in [2.45, 2.75) is 125 Å². The fourth-order valence-electron chi connectivity index (χ4n) is 15.6. The Labute approximate surface area is 602 Å². The fourth-order valence-corrected chi connectivity index (χ4v) is 15.6. The Morgan fingerprint density at radius 3 is 1.35 bits per heavy atom. The number of azide groups is 1. The molecule has 3 aromatic carbocycles. The Bertz CT molecular complexity index is 4150. The van der Waals surface area contributed by atoms with Crippen LogP contribution < -0.4 is 5.73 Å². The van der Waals surface area contributed by atoms with Gasteiger partial charge in [-0.05, 0) is 180 Å². The van der Waals surface area contributed by atoms with Gasteiger partial charge in [0.05, 0.1) is 57.9 Å². The van der Waals surface area contributed by atoms with Crippen LogP contribution in [0.1, 0.15) is 129 Å². The molecule has 3 aliphatic heterocycles. The molecule has 3 saturated carbocycles. The lowest BCUT2D eigenvalue weighted by Gasteiger charge is -2.45. The van der Waals surface area contributed by atoms with Crippen LogP contribution >= 0.6 is 7.92 Å². The van der Waals surface area contributed by atoms with E-state index in [0.29, 0.717) is 67.0 Å². The van der Waals surface area contributed by atoms with E-state index in [0.717, 1.165) is 63.8 Å². The zero-order valence-corrected chi connectivity index (χ0v) is 61.9. The Morgan fingerprint density at radius 1 is 0.598 bits per heavy atom. The average Bonchev–Trinajstić information content (AvgIpc) is 1.55. The summed E-state index contributed by atoms with van der Waals surface area (Å²) in [4.78, 5) is 63.1. The Balaban J connectivity index is 0.000000200. The number of esters is 3. The van der Waals surface area contributed by atoms with Crippen LogP contribution in [0.5, 0.6) is 0 Å². The summed E-state index contributed by atoms with van der Waals surface area (Å²) in [5.74, 6) is 1.10. The number of ether oxygens (including phenoxy) is 3. The summed E-state index contributed by atoms with van der Waals surface area (Å²) < 4.78 is 16.6. The standard InChI is InChI=1S/C25H25N5O2.C25H27N3O2.C25H26N2O2.C3H9P.C2H4O2.C2H6O/c1-15-12-25(29-30-27)23(17(3)32-24(25)31)21(16(15)2)11-10-20-9-8-19(14-28-20)22-7-5-4-6-18(22)13-26;1-15-12-25(27)23(17(3)30-24(25)29)21(16(15)2)11-10-20-9-8-19(14-28-20)22-7-5-4-6-18(22)13-26;1-15-12-23-24(17(3)29-25(23)28)21(16(15)2)11-10-20-9-8-19(14-27-20)22-7-5-4-6-18(22)13-26;1-4(2)3;1-2(3)4;1-2-3/h4-11,14-17,21,23H,12H2,1-3H3;4-11,14-17,21,23H,12,27H2,1-3H3;4-11,14-17,21,23-24H,12H2,1-3H3;1-3H3;1H3,(H,3,4);3H,2H2,1H3/b3*11-10+;;;/t2*15-,16+,17+,21-,23-,25-;15-,16+,17+,21-,23+,24-;;;/m000.../s1. The molecule has 6 heterocycles. The van der Waals surface area contributed by atoms with Crippen LogP contribution in [0.4, 0.5) is 0 Å². The molecule has 3 aliphatic carbocycles. The number of aliphatic hydroxyl groups is 1. The molecule has 0 amide bonds. The molecule has 534 valence electrons. The van der Waals surface area contributed by atoms with Crippen LogP contribution in [0, 0.1) is 111 Å². The van der Waals surface area contributed by atoms with Gasteiger partial charge < -0.3 is 30.2 Å². The maximum Gasteiger partial charge on any atom is 0.326 e. The lowest BCUT2D eigenvalue weighted by molar-refractivity contribution is -0.146. The number of hydrogen-bond donors (Lipinski definition) is 3. The molecule has 18 atom stereocenters. The first-order chi connectivity index (χ1) is 48.6. The molecule has 6 fully saturated rings. The Kier molecular flexibility index (Phi) is 28.3. The first kappa shape index (κ1) is 79.7. The summed E-state index contributed by atoms with van der Waals surface area (Å²) in [7, 11) is 0.380. The first-order valence-electron chi connectivity index (χ1n) is 34.9. The number of pyridine rings is 3. The van der Waals surface area contributed by atoms with Gasteiger partial charge in [-0.15, -0.1) is 7.92 Å². The maximum absolute atomic E-state index is 12.7. The van der Waals surface area contributed by atoms with E-state index in [1.165, 1.54) is 0 Å². The highest BCUT2D eigenvalue weighted by Gasteiger charge is 2.63. The molecule has 0 bridgehead atoms. The summed E-state index contributed by atoms with van der Waals surface area (Å²) >= 11 is 0. The summed E-state index contributed by atoms with van der Waals surface area (Å²) in [6, 6.07) is 40.9. The molecule has 0 spiro atoms. The number of aliphatic hydroxyl groups excluding tert-OH is 1. The van der Waals surface area contributed by atoms with Crippen LogP contribution in [0.15, 0.2) is 151 Å². The quantitative estimate of drug-likeness (QED) is 0.0286. The Hall–Kier alpha value is -9.66. The second-order valence-corrected chi connectivity index (χ2v) is 31.0. The third kappa shape index (κ3) is 18.7. The number of carboxylic acid groups (broad SMARTS) is 1. The number of fused-ring (bicyclic) bond motifs is 3. The summed E-state index contributed by atoms with van der Waals surface area (Å²) in [5.41, 5.74) is 23.4. The number of nitriles is 3. The zero-order chi connectivity index (χ0) is 74.8.